The van der Waals surface area contributed by atoms with Gasteiger partial charge in [0.2, 0.25) is 0 Å². The van der Waals surface area contributed by atoms with Crippen molar-refractivity contribution in [3.63, 3.8) is 0 Å². The van der Waals surface area contributed by atoms with Crippen LogP contribution in [0.15, 0.2) is 115 Å². The predicted octanol–water partition coefficient (Wildman–Crippen LogP) is 18.3. The van der Waals surface area contributed by atoms with Crippen LogP contribution in [0.3, 0.4) is 0 Å². The number of aliphatic carboxylic acids is 1. The van der Waals surface area contributed by atoms with Crippen LogP contribution in [0.25, 0.3) is 0 Å². The number of amides is 2. The summed E-state index contributed by atoms with van der Waals surface area (Å²) in [5.74, 6) is 0.684. The number of carboxylic acid groups (broad SMARTS) is 1. The van der Waals surface area contributed by atoms with Crippen molar-refractivity contribution in [2.45, 2.75) is 250 Å². The van der Waals surface area contributed by atoms with Gasteiger partial charge in [0.05, 0.1) is 12.1 Å². The van der Waals surface area contributed by atoms with Gasteiger partial charge in [-0.2, -0.15) is 0 Å². The highest BCUT2D eigenvalue weighted by atomic mass is 35.5. The van der Waals surface area contributed by atoms with Gasteiger partial charge in [-0.05, 0) is 251 Å². The second kappa shape index (κ2) is 33.9. The van der Waals surface area contributed by atoms with E-state index in [1.807, 2.05) is 45.0 Å². The zero-order chi connectivity index (χ0) is 65.5. The summed E-state index contributed by atoms with van der Waals surface area (Å²) in [4.78, 5) is 79.3. The molecule has 5 aromatic carbocycles. The number of Topliss-reactive ketones (excluding diaryl/α,β-unsaturated/α-hetero) is 3. The van der Waals surface area contributed by atoms with Crippen molar-refractivity contribution < 1.29 is 43.3 Å². The van der Waals surface area contributed by atoms with Gasteiger partial charge in [0, 0.05) is 53.4 Å². The molecule has 3 aliphatic heterocycles. The number of fused-ring (bicyclic) bond motifs is 4. The monoisotopic (exact) mass is 1310 g/mol. The summed E-state index contributed by atoms with van der Waals surface area (Å²) < 4.78 is 10.6. The molecule has 13 rings (SSSR count). The van der Waals surface area contributed by atoms with Crippen LogP contribution in [0.4, 0.5) is 9.59 Å². The van der Waals surface area contributed by atoms with Crippen molar-refractivity contribution in [1.29, 1.82) is 0 Å². The average molecular weight is 1310 g/mol. The number of carboxylic acids is 1. The molecule has 12 nitrogen and oxygen atoms in total. The molecule has 0 bridgehead atoms. The molecule has 4 fully saturated rings. The normalized spacial score (nSPS) is 22.3. The summed E-state index contributed by atoms with van der Waals surface area (Å²) in [5.41, 5.74) is 10.8. The quantitative estimate of drug-likeness (QED) is 0.151. The van der Waals surface area contributed by atoms with Crippen LogP contribution in [-0.4, -0.2) is 104 Å². The number of ether oxygens (including phenoxy) is 2. The summed E-state index contributed by atoms with van der Waals surface area (Å²) in [6.45, 7) is 13.5. The molecule has 0 aromatic heterocycles. The Kier molecular flexibility index (Phi) is 26.4. The first-order valence-electron chi connectivity index (χ1n) is 34.5. The first kappa shape index (κ1) is 72.5. The van der Waals surface area contributed by atoms with Crippen LogP contribution in [-0.2, 0) is 67.3 Å². The molecule has 14 heteroatoms. The van der Waals surface area contributed by atoms with Gasteiger partial charge in [-0.3, -0.25) is 29.1 Å². The maximum absolute atomic E-state index is 13.4. The minimum Gasteiger partial charge on any atom is -0.480 e. The highest BCUT2D eigenvalue weighted by Gasteiger charge is 2.42. The maximum Gasteiger partial charge on any atom is 0.411 e. The first-order valence-corrected chi connectivity index (χ1v) is 35.2. The molecule has 6 atom stereocenters. The topological polar surface area (TPSA) is 151 Å². The summed E-state index contributed by atoms with van der Waals surface area (Å²) in [5, 5.41) is 10.3. The molecule has 93 heavy (non-hydrogen) atoms. The minimum absolute atomic E-state index is 0. The average Bonchev–Trinajstić information content (AvgIpc) is 2.10. The molecule has 0 spiro atoms. The fourth-order valence-corrected chi connectivity index (χ4v) is 15.5. The second-order valence-electron chi connectivity index (χ2n) is 28.5. The van der Waals surface area contributed by atoms with Crippen LogP contribution >= 0.6 is 23.2 Å². The third kappa shape index (κ3) is 19.7. The standard InChI is InChI=1S/C22H23Cl2NO.C20H27NO3.C16H20O.C10H17NO4.C10H12.CH4/c23-17-10-11-20(24)16(13-17)14-25-12-4-9-21(25)22(26)19-8-3-6-15-5-1-2-7-18(15)19;1-20(2,3)24-19(23)21-13-7-12-17(21)18(22)16-11-6-9-14-8-4-5-10-15(14)16;17-16(13-7-1-2-8-13)15-11-5-9-12-6-3-4-10-14(12)15;1-10(2,3)15-9(14)11-6-4-5-7(11)8(12)13;1-2-6-10-8-4-3-7-9(10)5-1;/h1-2,5,7,10-11,13,19,21H,3-4,6,8-9,12,14H2;4-5,8,10,16-17H,6-7,9,11-13H2,1-3H3;3-4,6,10,13,15H,1-2,5,7-9,11H2;7H,4-6H2,1-3H3,(H,12,13);1-2,5-6H,3-4,7-8H2;1H4/t19?,21-;16?,17-;;7-;;/m00.0../s1. The van der Waals surface area contributed by atoms with Crippen molar-refractivity contribution in [2.75, 3.05) is 19.6 Å². The Hall–Kier alpha value is -6.34. The minimum atomic E-state index is -0.960. The Morgan fingerprint density at radius 2 is 0.828 bits per heavy atom. The van der Waals surface area contributed by atoms with Crippen LogP contribution in [0.2, 0.25) is 10.0 Å². The van der Waals surface area contributed by atoms with E-state index in [0.717, 1.165) is 119 Å². The number of aryl methyl sites for hydroxylation is 5. The predicted molar refractivity (Wildman–Crippen MR) is 373 cm³/mol. The van der Waals surface area contributed by atoms with Gasteiger partial charge in [-0.25, -0.2) is 14.4 Å². The number of likely N-dealkylation sites (tertiary alicyclic amines) is 3. The number of hydrogen-bond acceptors (Lipinski definition) is 9. The van der Waals surface area contributed by atoms with Crippen LogP contribution in [0.1, 0.15) is 232 Å². The van der Waals surface area contributed by atoms with Gasteiger partial charge in [0.25, 0.3) is 0 Å². The maximum atomic E-state index is 13.4. The van der Waals surface area contributed by atoms with Crippen molar-refractivity contribution >= 4 is 58.7 Å². The van der Waals surface area contributed by atoms with Crippen LogP contribution in [0.5, 0.6) is 0 Å². The van der Waals surface area contributed by atoms with E-state index in [1.54, 1.807) is 42.9 Å². The smallest absolute Gasteiger partial charge is 0.411 e. The van der Waals surface area contributed by atoms with E-state index in [2.05, 4.69) is 89.8 Å². The van der Waals surface area contributed by atoms with Crippen molar-refractivity contribution in [1.82, 2.24) is 14.7 Å². The Morgan fingerprint density at radius 3 is 1.29 bits per heavy atom. The fourth-order valence-electron chi connectivity index (χ4n) is 15.2. The molecule has 8 aliphatic rings. The third-order valence-electron chi connectivity index (χ3n) is 19.6. The number of carbonyl (C=O) groups is 6. The summed E-state index contributed by atoms with van der Waals surface area (Å²) in [6.07, 6.45) is 23.6. The highest BCUT2D eigenvalue weighted by molar-refractivity contribution is 6.33. The van der Waals surface area contributed by atoms with Crippen molar-refractivity contribution in [3.8, 4) is 0 Å². The van der Waals surface area contributed by atoms with Crippen LogP contribution in [0, 0.1) is 5.92 Å². The molecule has 502 valence electrons. The number of carbonyl (C=O) groups excluding carboxylic acids is 5. The highest BCUT2D eigenvalue weighted by Crippen LogP contribution is 2.40. The van der Waals surface area contributed by atoms with E-state index in [0.29, 0.717) is 48.6 Å². The molecular weight excluding hydrogens is 1210 g/mol. The SMILES string of the molecule is C.CC(C)(C)OC(=O)N1CCC[C@H]1C(=O)C1CCCc2ccccc21.CC(C)(C)OC(=O)N1CCC[C@H]1C(=O)O.O=C(C1CCCC1)C1CCCc2ccccc21.O=C(C1CCCc2ccccc21)[C@@H]1CCCN1Cc1cc(Cl)ccc1Cl.c1ccc2c(c1)CCCC2. The summed E-state index contributed by atoms with van der Waals surface area (Å²) >= 11 is 12.5. The molecular formula is C79H103Cl2N3O9. The van der Waals surface area contributed by atoms with Crippen molar-refractivity contribution in [2.24, 2.45) is 5.92 Å². The lowest BCUT2D eigenvalue weighted by Crippen LogP contribution is -2.45. The van der Waals surface area contributed by atoms with Gasteiger partial charge in [0.15, 0.2) is 11.6 Å². The molecule has 0 radical (unpaired) electrons. The summed E-state index contributed by atoms with van der Waals surface area (Å²) in [6, 6.07) is 38.5. The Labute approximate surface area is 564 Å². The van der Waals surface area contributed by atoms with Crippen molar-refractivity contribution in [3.05, 3.63) is 175 Å². The summed E-state index contributed by atoms with van der Waals surface area (Å²) in [7, 11) is 0. The number of hydrogen-bond donors (Lipinski definition) is 1. The largest absolute Gasteiger partial charge is 0.480 e. The molecule has 1 saturated carbocycles. The number of nitrogens with zero attached hydrogens (tertiary/aromatic N) is 3. The van der Waals surface area contributed by atoms with E-state index < -0.39 is 29.3 Å². The molecule has 5 aliphatic carbocycles. The number of rotatable bonds is 9. The van der Waals surface area contributed by atoms with Gasteiger partial charge >= 0.3 is 18.2 Å². The lowest BCUT2D eigenvalue weighted by molar-refractivity contribution is -0.142. The van der Waals surface area contributed by atoms with Gasteiger partial charge < -0.3 is 14.6 Å². The Balaban J connectivity index is 0.000000154. The number of ketones is 3. The molecule has 3 saturated heterocycles. The van der Waals surface area contributed by atoms with Crippen LogP contribution < -0.4 is 0 Å². The Bertz CT molecular complexity index is 3320. The first-order chi connectivity index (χ1) is 44.1. The van der Waals surface area contributed by atoms with E-state index >= 15 is 0 Å². The zero-order valence-electron chi connectivity index (χ0n) is 55.4. The van der Waals surface area contributed by atoms with E-state index in [9.17, 15) is 28.8 Å². The van der Waals surface area contributed by atoms with Gasteiger partial charge in [-0.15, -0.1) is 0 Å². The van der Waals surface area contributed by atoms with E-state index in [-0.39, 0.29) is 49.1 Å². The second-order valence-corrected chi connectivity index (χ2v) is 29.3. The fraction of sp³-hybridized carbons (Fsp3) is 0.544. The number of halogens is 2. The van der Waals surface area contributed by atoms with E-state index in [4.69, 9.17) is 37.8 Å². The lowest BCUT2D eigenvalue weighted by atomic mass is 9.77. The van der Waals surface area contributed by atoms with Gasteiger partial charge in [-0.1, -0.05) is 141 Å². The Morgan fingerprint density at radius 1 is 0.441 bits per heavy atom. The van der Waals surface area contributed by atoms with E-state index in [1.165, 1.54) is 77.7 Å². The number of benzene rings is 5. The lowest BCUT2D eigenvalue weighted by Gasteiger charge is -2.31. The molecule has 5 aromatic rings. The molecule has 3 heterocycles. The third-order valence-corrected chi connectivity index (χ3v) is 20.2. The molecule has 1 N–H and O–H groups in total. The zero-order valence-corrected chi connectivity index (χ0v) is 56.9. The molecule has 2 amide bonds. The van der Waals surface area contributed by atoms with Gasteiger partial charge in [0.1, 0.15) is 23.0 Å². The molecule has 3 unspecified atom stereocenters.